The van der Waals surface area contributed by atoms with Crippen LogP contribution in [0.4, 0.5) is 5.95 Å². The van der Waals surface area contributed by atoms with Crippen LogP contribution in [0.25, 0.3) is 0 Å². The standard InChI is InChI=1S/C17H18BrN5O2/c18-12-3-1-10(2-4-12)5-19-15-13-8-23(9-14(13)15)17-20-6-11(7-21-17)16(24)22-25/h1-4,6-7,13-15,19,25H,5,8-9H2,(H,22,24)/t13-,14+,15?. The molecule has 2 aromatic rings. The number of hydrogen-bond acceptors (Lipinski definition) is 6. The van der Waals surface area contributed by atoms with Crippen molar-refractivity contribution in [3.63, 3.8) is 0 Å². The number of nitrogens with one attached hydrogen (secondary N) is 2. The van der Waals surface area contributed by atoms with Gasteiger partial charge in [-0.2, -0.15) is 0 Å². The zero-order valence-corrected chi connectivity index (χ0v) is 15.0. The fourth-order valence-corrected chi connectivity index (χ4v) is 3.76. The number of halogens is 1. The molecule has 8 heteroatoms. The van der Waals surface area contributed by atoms with Gasteiger partial charge in [0.2, 0.25) is 5.95 Å². The summed E-state index contributed by atoms with van der Waals surface area (Å²) in [6, 6.07) is 8.92. The van der Waals surface area contributed by atoms with Gasteiger partial charge in [-0.3, -0.25) is 10.0 Å². The number of carbonyl (C=O) groups excluding carboxylic acids is 1. The maximum atomic E-state index is 11.3. The molecule has 0 spiro atoms. The number of benzene rings is 1. The third-order valence-electron chi connectivity index (χ3n) is 4.93. The average molecular weight is 404 g/mol. The van der Waals surface area contributed by atoms with E-state index in [0.29, 0.717) is 23.8 Å². The molecule has 7 nitrogen and oxygen atoms in total. The van der Waals surface area contributed by atoms with Crippen LogP contribution in [0.1, 0.15) is 15.9 Å². The van der Waals surface area contributed by atoms with E-state index >= 15 is 0 Å². The van der Waals surface area contributed by atoms with E-state index < -0.39 is 5.91 Å². The number of amides is 1. The molecule has 1 aromatic heterocycles. The van der Waals surface area contributed by atoms with Gasteiger partial charge < -0.3 is 10.2 Å². The Morgan fingerprint density at radius 2 is 1.84 bits per heavy atom. The lowest BCUT2D eigenvalue weighted by Crippen LogP contribution is -2.32. The minimum absolute atomic E-state index is 0.240. The molecule has 3 N–H and O–H groups in total. The van der Waals surface area contributed by atoms with Gasteiger partial charge in [0.1, 0.15) is 0 Å². The predicted molar refractivity (Wildman–Crippen MR) is 95.2 cm³/mol. The van der Waals surface area contributed by atoms with Crippen molar-refractivity contribution in [2.75, 3.05) is 18.0 Å². The normalized spacial score (nSPS) is 24.1. The molecular formula is C17H18BrN5O2. The molecule has 2 fully saturated rings. The molecule has 25 heavy (non-hydrogen) atoms. The van der Waals surface area contributed by atoms with Gasteiger partial charge in [-0.15, -0.1) is 0 Å². The van der Waals surface area contributed by atoms with Crippen LogP contribution in [-0.4, -0.2) is 40.2 Å². The minimum atomic E-state index is -0.604. The van der Waals surface area contributed by atoms with Crippen LogP contribution in [0.5, 0.6) is 0 Å². The number of hydroxylamine groups is 1. The van der Waals surface area contributed by atoms with Gasteiger partial charge in [0.15, 0.2) is 0 Å². The van der Waals surface area contributed by atoms with Gasteiger partial charge in [-0.1, -0.05) is 28.1 Å². The van der Waals surface area contributed by atoms with Crippen molar-refractivity contribution in [2.45, 2.75) is 12.6 Å². The van der Waals surface area contributed by atoms with Crippen molar-refractivity contribution in [1.82, 2.24) is 20.8 Å². The van der Waals surface area contributed by atoms with Crippen molar-refractivity contribution >= 4 is 27.8 Å². The van der Waals surface area contributed by atoms with Crippen molar-refractivity contribution in [3.05, 3.63) is 52.3 Å². The predicted octanol–water partition coefficient (Wildman–Crippen LogP) is 1.58. The molecule has 1 saturated carbocycles. The van der Waals surface area contributed by atoms with Crippen LogP contribution in [0.3, 0.4) is 0 Å². The SMILES string of the molecule is O=C(NO)c1cnc(N2C[C@@H]3C(NCc4ccc(Br)cc4)[C@@H]3C2)nc1. The Morgan fingerprint density at radius 1 is 1.20 bits per heavy atom. The Bertz CT molecular complexity index is 756. The van der Waals surface area contributed by atoms with E-state index in [0.717, 1.165) is 24.1 Å². The zero-order chi connectivity index (χ0) is 17.4. The number of nitrogens with zero attached hydrogens (tertiary/aromatic N) is 3. The number of aromatic nitrogens is 2. The molecule has 0 radical (unpaired) electrons. The number of fused-ring (bicyclic) bond motifs is 1. The first-order valence-corrected chi connectivity index (χ1v) is 8.94. The van der Waals surface area contributed by atoms with E-state index in [1.165, 1.54) is 18.0 Å². The topological polar surface area (TPSA) is 90.4 Å². The van der Waals surface area contributed by atoms with E-state index in [1.54, 1.807) is 5.48 Å². The number of hydrogen-bond donors (Lipinski definition) is 3. The fraction of sp³-hybridized carbons (Fsp3) is 0.353. The molecule has 1 aliphatic carbocycles. The van der Waals surface area contributed by atoms with E-state index in [-0.39, 0.29) is 5.56 Å². The summed E-state index contributed by atoms with van der Waals surface area (Å²) in [4.78, 5) is 21.9. The molecule has 2 heterocycles. The van der Waals surface area contributed by atoms with Gasteiger partial charge in [0, 0.05) is 42.5 Å². The maximum absolute atomic E-state index is 11.3. The van der Waals surface area contributed by atoms with Crippen molar-refractivity contribution in [3.8, 4) is 0 Å². The smallest absolute Gasteiger partial charge is 0.277 e. The summed E-state index contributed by atoms with van der Waals surface area (Å²) >= 11 is 3.45. The average Bonchev–Trinajstić information content (AvgIpc) is 3.10. The lowest BCUT2D eigenvalue weighted by molar-refractivity contribution is 0.0705. The van der Waals surface area contributed by atoms with E-state index in [4.69, 9.17) is 5.21 Å². The first-order valence-electron chi connectivity index (χ1n) is 8.15. The van der Waals surface area contributed by atoms with Crippen molar-refractivity contribution in [1.29, 1.82) is 0 Å². The highest BCUT2D eigenvalue weighted by Crippen LogP contribution is 2.46. The Kier molecular flexibility index (Phi) is 4.41. The van der Waals surface area contributed by atoms with E-state index in [1.807, 2.05) is 0 Å². The summed E-state index contributed by atoms with van der Waals surface area (Å²) in [6.07, 6.45) is 2.86. The minimum Gasteiger partial charge on any atom is -0.340 e. The fourth-order valence-electron chi connectivity index (χ4n) is 3.50. The lowest BCUT2D eigenvalue weighted by atomic mass is 10.2. The lowest BCUT2D eigenvalue weighted by Gasteiger charge is -2.20. The van der Waals surface area contributed by atoms with Crippen LogP contribution >= 0.6 is 15.9 Å². The van der Waals surface area contributed by atoms with Crippen LogP contribution < -0.4 is 15.7 Å². The number of anilines is 1. The molecule has 1 amide bonds. The van der Waals surface area contributed by atoms with Crippen LogP contribution in [0.2, 0.25) is 0 Å². The summed E-state index contributed by atoms with van der Waals surface area (Å²) in [7, 11) is 0. The highest BCUT2D eigenvalue weighted by molar-refractivity contribution is 9.10. The first kappa shape index (κ1) is 16.4. The molecule has 1 aliphatic heterocycles. The number of piperidine rings is 1. The molecule has 1 aromatic carbocycles. The Labute approximate surface area is 153 Å². The van der Waals surface area contributed by atoms with E-state index in [2.05, 4.69) is 60.4 Å². The molecule has 4 rings (SSSR count). The van der Waals surface area contributed by atoms with Crippen LogP contribution in [0, 0.1) is 11.8 Å². The summed E-state index contributed by atoms with van der Waals surface area (Å²) in [6.45, 7) is 2.73. The second-order valence-electron chi connectivity index (χ2n) is 6.48. The molecule has 3 atom stereocenters. The third-order valence-corrected chi connectivity index (χ3v) is 5.46. The Hall–Kier alpha value is -2.03. The van der Waals surface area contributed by atoms with Crippen molar-refractivity contribution in [2.24, 2.45) is 11.8 Å². The first-order chi connectivity index (χ1) is 12.2. The highest BCUT2D eigenvalue weighted by Gasteiger charge is 2.55. The molecule has 2 aliphatic rings. The zero-order valence-electron chi connectivity index (χ0n) is 13.4. The maximum Gasteiger partial charge on any atom is 0.277 e. The molecule has 0 bridgehead atoms. The van der Waals surface area contributed by atoms with Gasteiger partial charge in [0.25, 0.3) is 5.91 Å². The third kappa shape index (κ3) is 3.37. The summed E-state index contributed by atoms with van der Waals surface area (Å²) in [5.41, 5.74) is 3.10. The molecular weight excluding hydrogens is 386 g/mol. The van der Waals surface area contributed by atoms with Crippen LogP contribution in [-0.2, 0) is 6.54 Å². The molecule has 1 saturated heterocycles. The Morgan fingerprint density at radius 3 is 2.44 bits per heavy atom. The second kappa shape index (κ2) is 6.70. The van der Waals surface area contributed by atoms with Gasteiger partial charge in [-0.05, 0) is 29.5 Å². The Balaban J connectivity index is 1.29. The largest absolute Gasteiger partial charge is 0.340 e. The summed E-state index contributed by atoms with van der Waals surface area (Å²) in [5.74, 6) is 1.28. The molecule has 1 unspecified atom stereocenters. The van der Waals surface area contributed by atoms with E-state index in [9.17, 15) is 4.79 Å². The quantitative estimate of drug-likeness (QED) is 0.518. The number of rotatable bonds is 5. The second-order valence-corrected chi connectivity index (χ2v) is 7.39. The van der Waals surface area contributed by atoms with Gasteiger partial charge in [0.05, 0.1) is 5.56 Å². The summed E-state index contributed by atoms with van der Waals surface area (Å²) in [5, 5.41) is 12.2. The van der Waals surface area contributed by atoms with Gasteiger partial charge >= 0.3 is 0 Å². The van der Waals surface area contributed by atoms with Gasteiger partial charge in [-0.25, -0.2) is 15.4 Å². The highest BCUT2D eigenvalue weighted by atomic mass is 79.9. The molecule has 130 valence electrons. The monoisotopic (exact) mass is 403 g/mol. The number of carbonyl (C=O) groups is 1. The van der Waals surface area contributed by atoms with Crippen LogP contribution in [0.15, 0.2) is 41.1 Å². The summed E-state index contributed by atoms with van der Waals surface area (Å²) < 4.78 is 1.10. The van der Waals surface area contributed by atoms with Crippen molar-refractivity contribution < 1.29 is 10.0 Å².